The van der Waals surface area contributed by atoms with Gasteiger partial charge in [-0.3, -0.25) is 4.99 Å². The molecule has 2 nitrogen and oxygen atoms in total. The van der Waals surface area contributed by atoms with Gasteiger partial charge in [0.25, 0.3) is 0 Å². The van der Waals surface area contributed by atoms with E-state index in [0.717, 1.165) is 12.4 Å². The maximum atomic E-state index is 4.97. The minimum absolute atomic E-state index is 0.804. The lowest BCUT2D eigenvalue weighted by molar-refractivity contribution is 0.397. The number of aliphatic imine (C=N–C) groups is 1. The highest BCUT2D eigenvalue weighted by atomic mass is 16.5. The Balaban J connectivity index is 3.05. The summed E-state index contributed by atoms with van der Waals surface area (Å²) in [7, 11) is 1.67. The highest BCUT2D eigenvalue weighted by Crippen LogP contribution is 2.08. The van der Waals surface area contributed by atoms with Crippen LogP contribution >= 0.6 is 0 Å². The molecule has 0 aromatic rings. The Kier molecular flexibility index (Phi) is 11.1. The molecule has 2 heteroatoms. The van der Waals surface area contributed by atoms with Crippen LogP contribution in [0.3, 0.4) is 0 Å². The molecule has 0 fully saturated rings. The first kappa shape index (κ1) is 14.5. The molecule has 0 aliphatic heterocycles. The van der Waals surface area contributed by atoms with Crippen LogP contribution in [0.15, 0.2) is 4.99 Å². The third-order valence-corrected chi connectivity index (χ3v) is 2.64. The zero-order valence-electron chi connectivity index (χ0n) is 10.7. The topological polar surface area (TPSA) is 21.6 Å². The average molecular weight is 213 g/mol. The summed E-state index contributed by atoms with van der Waals surface area (Å²) in [5.41, 5.74) is 0. The van der Waals surface area contributed by atoms with E-state index in [0.29, 0.717) is 0 Å². The predicted molar refractivity (Wildman–Crippen MR) is 67.6 cm³/mol. The molecule has 15 heavy (non-hydrogen) atoms. The highest BCUT2D eigenvalue weighted by molar-refractivity contribution is 5.72. The van der Waals surface area contributed by atoms with E-state index in [4.69, 9.17) is 4.74 Å². The normalized spacial score (nSPS) is 11.8. The van der Waals surface area contributed by atoms with Gasteiger partial charge in [-0.25, -0.2) is 0 Å². The van der Waals surface area contributed by atoms with E-state index in [-0.39, 0.29) is 0 Å². The van der Waals surface area contributed by atoms with Gasteiger partial charge >= 0.3 is 0 Å². The standard InChI is InChI=1S/C13H27NO/c1-4-5-6-7-8-9-10-11-12-14-13(2)15-3/h4-12H2,1-3H3. The number of hydrogen-bond donors (Lipinski definition) is 0. The van der Waals surface area contributed by atoms with Crippen LogP contribution in [-0.2, 0) is 4.74 Å². The van der Waals surface area contributed by atoms with Crippen LogP contribution in [0, 0.1) is 0 Å². The molecule has 0 rings (SSSR count). The molecule has 0 unspecified atom stereocenters. The second-order valence-electron chi connectivity index (χ2n) is 4.08. The predicted octanol–water partition coefficient (Wildman–Crippen LogP) is 4.19. The van der Waals surface area contributed by atoms with Gasteiger partial charge in [-0.15, -0.1) is 0 Å². The molecule has 0 aliphatic carbocycles. The van der Waals surface area contributed by atoms with Crippen molar-refractivity contribution in [3.8, 4) is 0 Å². The van der Waals surface area contributed by atoms with Crippen LogP contribution < -0.4 is 0 Å². The number of hydrogen-bond acceptors (Lipinski definition) is 2. The van der Waals surface area contributed by atoms with Gasteiger partial charge in [0, 0.05) is 13.5 Å². The van der Waals surface area contributed by atoms with Gasteiger partial charge in [0.2, 0.25) is 0 Å². The molecule has 0 heterocycles. The molecule has 0 saturated heterocycles. The van der Waals surface area contributed by atoms with Crippen LogP contribution in [0.1, 0.15) is 65.2 Å². The molecule has 90 valence electrons. The Bertz CT molecular complexity index is 155. The van der Waals surface area contributed by atoms with E-state index < -0.39 is 0 Å². The first-order valence-electron chi connectivity index (χ1n) is 6.36. The smallest absolute Gasteiger partial charge is 0.179 e. The van der Waals surface area contributed by atoms with Crippen LogP contribution in [0.5, 0.6) is 0 Å². The molecule has 0 N–H and O–H groups in total. The minimum atomic E-state index is 0.804. The molecule has 0 atom stereocenters. The van der Waals surface area contributed by atoms with E-state index >= 15 is 0 Å². The van der Waals surface area contributed by atoms with Gasteiger partial charge in [-0.1, -0.05) is 51.9 Å². The van der Waals surface area contributed by atoms with E-state index in [1.807, 2.05) is 6.92 Å². The molecular formula is C13H27NO. The van der Waals surface area contributed by atoms with Crippen molar-refractivity contribution in [1.82, 2.24) is 0 Å². The maximum absolute atomic E-state index is 4.97. The summed E-state index contributed by atoms with van der Waals surface area (Å²) >= 11 is 0. The molecule has 0 amide bonds. The molecule has 0 saturated carbocycles. The van der Waals surface area contributed by atoms with Crippen LogP contribution in [0.4, 0.5) is 0 Å². The van der Waals surface area contributed by atoms with Crippen LogP contribution in [-0.4, -0.2) is 19.6 Å². The van der Waals surface area contributed by atoms with E-state index in [1.54, 1.807) is 7.11 Å². The second kappa shape index (κ2) is 11.5. The maximum Gasteiger partial charge on any atom is 0.179 e. The molecular weight excluding hydrogens is 186 g/mol. The molecule has 0 aromatic heterocycles. The quantitative estimate of drug-likeness (QED) is 0.320. The van der Waals surface area contributed by atoms with Gasteiger partial charge in [0.05, 0.1) is 7.11 Å². The van der Waals surface area contributed by atoms with Crippen LogP contribution in [0.25, 0.3) is 0 Å². The number of unbranched alkanes of at least 4 members (excludes halogenated alkanes) is 7. The minimum Gasteiger partial charge on any atom is -0.484 e. The third-order valence-electron chi connectivity index (χ3n) is 2.64. The van der Waals surface area contributed by atoms with Gasteiger partial charge in [0.15, 0.2) is 5.90 Å². The molecule has 0 aliphatic rings. The zero-order valence-corrected chi connectivity index (χ0v) is 10.7. The summed E-state index contributed by atoms with van der Waals surface area (Å²) in [6.07, 6.45) is 10.8. The Morgan fingerprint density at radius 3 is 2.00 bits per heavy atom. The number of ether oxygens (including phenoxy) is 1. The lowest BCUT2D eigenvalue weighted by Gasteiger charge is -2.00. The van der Waals surface area contributed by atoms with Crippen molar-refractivity contribution < 1.29 is 4.74 Å². The van der Waals surface area contributed by atoms with Gasteiger partial charge < -0.3 is 4.74 Å². The zero-order chi connectivity index (χ0) is 11.4. The second-order valence-corrected chi connectivity index (χ2v) is 4.08. The van der Waals surface area contributed by atoms with Crippen LogP contribution in [0.2, 0.25) is 0 Å². The Morgan fingerprint density at radius 1 is 0.933 bits per heavy atom. The monoisotopic (exact) mass is 213 g/mol. The van der Waals surface area contributed by atoms with E-state index in [2.05, 4.69) is 11.9 Å². The fourth-order valence-electron chi connectivity index (χ4n) is 1.55. The van der Waals surface area contributed by atoms with Crippen molar-refractivity contribution in [2.75, 3.05) is 13.7 Å². The summed E-state index contributed by atoms with van der Waals surface area (Å²) in [4.78, 5) is 4.28. The Morgan fingerprint density at radius 2 is 1.47 bits per heavy atom. The molecule has 0 bridgehead atoms. The van der Waals surface area contributed by atoms with Crippen molar-refractivity contribution in [3.63, 3.8) is 0 Å². The lowest BCUT2D eigenvalue weighted by atomic mass is 10.1. The summed E-state index contributed by atoms with van der Waals surface area (Å²) in [6, 6.07) is 0. The molecule has 0 spiro atoms. The lowest BCUT2D eigenvalue weighted by Crippen LogP contribution is -1.95. The average Bonchev–Trinajstić information content (AvgIpc) is 2.26. The summed E-state index contributed by atoms with van der Waals surface area (Å²) in [6.45, 7) is 5.09. The Labute approximate surface area is 95.1 Å². The van der Waals surface area contributed by atoms with Crippen molar-refractivity contribution >= 4 is 5.90 Å². The molecule has 0 aromatic carbocycles. The fourth-order valence-corrected chi connectivity index (χ4v) is 1.55. The summed E-state index contributed by atoms with van der Waals surface area (Å²) < 4.78 is 4.97. The number of nitrogens with zero attached hydrogens (tertiary/aromatic N) is 1. The van der Waals surface area contributed by atoms with Crippen molar-refractivity contribution in [2.24, 2.45) is 4.99 Å². The van der Waals surface area contributed by atoms with E-state index in [1.165, 1.54) is 51.4 Å². The van der Waals surface area contributed by atoms with Crippen molar-refractivity contribution in [2.45, 2.75) is 65.2 Å². The first-order chi connectivity index (χ1) is 7.31. The number of rotatable bonds is 9. The van der Waals surface area contributed by atoms with Gasteiger partial charge in [-0.05, 0) is 6.42 Å². The van der Waals surface area contributed by atoms with Crippen molar-refractivity contribution in [1.29, 1.82) is 0 Å². The summed E-state index contributed by atoms with van der Waals surface area (Å²) in [5, 5.41) is 0. The fraction of sp³-hybridized carbons (Fsp3) is 0.923. The van der Waals surface area contributed by atoms with Gasteiger partial charge in [-0.2, -0.15) is 0 Å². The third kappa shape index (κ3) is 11.4. The summed E-state index contributed by atoms with van der Waals surface area (Å²) in [5.74, 6) is 0.804. The molecule has 0 radical (unpaired) electrons. The van der Waals surface area contributed by atoms with Crippen molar-refractivity contribution in [3.05, 3.63) is 0 Å². The SMILES string of the molecule is CCCCCCCCCCN=C(C)OC. The number of methoxy groups -OCH3 is 1. The first-order valence-corrected chi connectivity index (χ1v) is 6.36. The van der Waals surface area contributed by atoms with Gasteiger partial charge in [0.1, 0.15) is 0 Å². The largest absolute Gasteiger partial charge is 0.484 e. The highest BCUT2D eigenvalue weighted by Gasteiger charge is 1.91. The van der Waals surface area contributed by atoms with E-state index in [9.17, 15) is 0 Å². The Hall–Kier alpha value is -0.530.